The second-order valence-corrected chi connectivity index (χ2v) is 6.96. The number of methoxy groups -OCH3 is 1. The molecule has 4 nitrogen and oxygen atoms in total. The van der Waals surface area contributed by atoms with Crippen molar-refractivity contribution in [2.45, 2.75) is 46.5 Å². The van der Waals surface area contributed by atoms with Gasteiger partial charge in [0.1, 0.15) is 0 Å². The second-order valence-electron chi connectivity index (χ2n) is 6.96. The third-order valence-electron chi connectivity index (χ3n) is 4.52. The van der Waals surface area contributed by atoms with E-state index in [1.54, 1.807) is 13.2 Å². The molecule has 0 aliphatic carbocycles. The third kappa shape index (κ3) is 6.76. The van der Waals surface area contributed by atoms with Crippen LogP contribution < -0.4 is 14.8 Å². The molecule has 0 fully saturated rings. The summed E-state index contributed by atoms with van der Waals surface area (Å²) in [4.78, 5) is 12.2. The number of ether oxygens (including phenoxy) is 2. The Morgan fingerprint density at radius 1 is 1.04 bits per heavy atom. The van der Waals surface area contributed by atoms with Crippen LogP contribution >= 0.6 is 0 Å². The summed E-state index contributed by atoms with van der Waals surface area (Å²) < 4.78 is 11.3. The monoisotopic (exact) mass is 381 g/mol. The van der Waals surface area contributed by atoms with Crippen molar-refractivity contribution in [3.8, 4) is 11.5 Å². The lowest BCUT2D eigenvalue weighted by atomic mass is 10.1. The molecule has 1 N–H and O–H groups in total. The molecule has 1 amide bonds. The minimum absolute atomic E-state index is 0.163. The zero-order valence-corrected chi connectivity index (χ0v) is 17.4. The molecule has 0 saturated heterocycles. The largest absolute Gasteiger partial charge is 0.493 e. The predicted molar refractivity (Wildman–Crippen MR) is 116 cm³/mol. The lowest BCUT2D eigenvalue weighted by Crippen LogP contribution is -2.09. The van der Waals surface area contributed by atoms with Crippen molar-refractivity contribution in [2.24, 2.45) is 0 Å². The fourth-order valence-electron chi connectivity index (χ4n) is 2.83. The summed E-state index contributed by atoms with van der Waals surface area (Å²) in [6.45, 7) is 6.86. The molecule has 4 heteroatoms. The van der Waals surface area contributed by atoms with Gasteiger partial charge in [-0.15, -0.1) is 0 Å². The Morgan fingerprint density at radius 3 is 2.61 bits per heavy atom. The third-order valence-corrected chi connectivity index (χ3v) is 4.52. The SMILES string of the molecule is CCCCCCOc1ccc(C=CC(=O)Nc2cc(C)ccc2C)cc1OC. The van der Waals surface area contributed by atoms with Crippen molar-refractivity contribution in [3.63, 3.8) is 0 Å². The van der Waals surface area contributed by atoms with E-state index in [2.05, 4.69) is 12.2 Å². The molecule has 0 heterocycles. The number of benzene rings is 2. The summed E-state index contributed by atoms with van der Waals surface area (Å²) in [6, 6.07) is 11.7. The number of rotatable bonds is 10. The van der Waals surface area contributed by atoms with Crippen LogP contribution in [-0.2, 0) is 4.79 Å². The molecule has 2 aromatic carbocycles. The molecule has 0 atom stereocenters. The lowest BCUT2D eigenvalue weighted by Gasteiger charge is -2.11. The molecule has 0 spiro atoms. The van der Waals surface area contributed by atoms with Crippen LogP contribution in [0.25, 0.3) is 6.08 Å². The molecule has 0 aliphatic heterocycles. The molecule has 0 saturated carbocycles. The highest BCUT2D eigenvalue weighted by Gasteiger charge is 2.06. The normalized spacial score (nSPS) is 10.9. The highest BCUT2D eigenvalue weighted by Crippen LogP contribution is 2.29. The molecule has 28 heavy (non-hydrogen) atoms. The fraction of sp³-hybridized carbons (Fsp3) is 0.375. The fourth-order valence-corrected chi connectivity index (χ4v) is 2.83. The van der Waals surface area contributed by atoms with E-state index in [1.165, 1.54) is 25.3 Å². The Hall–Kier alpha value is -2.75. The average Bonchev–Trinajstić information content (AvgIpc) is 2.69. The molecule has 0 aliphatic rings. The van der Waals surface area contributed by atoms with Gasteiger partial charge in [0.15, 0.2) is 11.5 Å². The molecule has 0 bridgehead atoms. The standard InChI is InChI=1S/C24H31NO3/c1-5-6-7-8-15-28-22-13-11-20(17-23(22)27-4)12-14-24(26)25-21-16-18(2)9-10-19(21)3/h9-14,16-17H,5-8,15H2,1-4H3,(H,25,26). The van der Waals surface area contributed by atoms with Crippen LogP contribution in [0.15, 0.2) is 42.5 Å². The van der Waals surface area contributed by atoms with Crippen molar-refractivity contribution in [3.05, 3.63) is 59.2 Å². The topological polar surface area (TPSA) is 47.6 Å². The van der Waals surface area contributed by atoms with Gasteiger partial charge in [-0.2, -0.15) is 0 Å². The van der Waals surface area contributed by atoms with Crippen LogP contribution in [0.1, 0.15) is 49.3 Å². The molecule has 150 valence electrons. The molecule has 0 radical (unpaired) electrons. The van der Waals surface area contributed by atoms with Gasteiger partial charge in [-0.1, -0.05) is 44.4 Å². The molecule has 2 aromatic rings. The summed E-state index contributed by atoms with van der Waals surface area (Å²) in [5.41, 5.74) is 3.86. The number of hydrogen-bond acceptors (Lipinski definition) is 3. The molecule has 2 rings (SSSR count). The molecule has 0 unspecified atom stereocenters. The van der Waals surface area contributed by atoms with Crippen molar-refractivity contribution in [1.82, 2.24) is 0 Å². The van der Waals surface area contributed by atoms with Gasteiger partial charge in [0.2, 0.25) is 5.91 Å². The smallest absolute Gasteiger partial charge is 0.248 e. The Morgan fingerprint density at radius 2 is 1.86 bits per heavy atom. The van der Waals surface area contributed by atoms with E-state index in [-0.39, 0.29) is 5.91 Å². The van der Waals surface area contributed by atoms with Crippen molar-refractivity contribution >= 4 is 17.7 Å². The first-order valence-electron chi connectivity index (χ1n) is 9.90. The van der Waals surface area contributed by atoms with E-state index in [1.807, 2.05) is 50.2 Å². The van der Waals surface area contributed by atoms with Crippen molar-refractivity contribution in [1.29, 1.82) is 0 Å². The first-order valence-corrected chi connectivity index (χ1v) is 9.90. The van der Waals surface area contributed by atoms with Crippen LogP contribution in [-0.4, -0.2) is 19.6 Å². The van der Waals surface area contributed by atoms with Gasteiger partial charge in [0.05, 0.1) is 13.7 Å². The van der Waals surface area contributed by atoms with Crippen LogP contribution in [0.4, 0.5) is 5.69 Å². The number of aryl methyl sites for hydroxylation is 2. The van der Waals surface area contributed by atoms with Gasteiger partial charge < -0.3 is 14.8 Å². The zero-order chi connectivity index (χ0) is 20.4. The van der Waals surface area contributed by atoms with E-state index in [4.69, 9.17) is 9.47 Å². The van der Waals surface area contributed by atoms with E-state index in [9.17, 15) is 4.79 Å². The molecule has 0 aromatic heterocycles. The maximum absolute atomic E-state index is 12.2. The number of anilines is 1. The minimum Gasteiger partial charge on any atom is -0.493 e. The highest BCUT2D eigenvalue weighted by atomic mass is 16.5. The summed E-state index contributed by atoms with van der Waals surface area (Å²) in [5.74, 6) is 1.24. The van der Waals surface area contributed by atoms with Gasteiger partial charge in [0.25, 0.3) is 0 Å². The Kier molecular flexibility index (Phi) is 8.60. The Bertz CT molecular complexity index is 811. The number of amides is 1. The second kappa shape index (κ2) is 11.2. The summed E-state index contributed by atoms with van der Waals surface area (Å²) in [6.07, 6.45) is 7.96. The van der Waals surface area contributed by atoms with E-state index < -0.39 is 0 Å². The quantitative estimate of drug-likeness (QED) is 0.410. The van der Waals surface area contributed by atoms with Gasteiger partial charge in [0, 0.05) is 11.8 Å². The summed E-state index contributed by atoms with van der Waals surface area (Å²) in [7, 11) is 1.62. The summed E-state index contributed by atoms with van der Waals surface area (Å²) in [5, 5.41) is 2.92. The number of carbonyl (C=O) groups excluding carboxylic acids is 1. The lowest BCUT2D eigenvalue weighted by molar-refractivity contribution is -0.111. The number of unbranched alkanes of at least 4 members (excludes halogenated alkanes) is 3. The van der Waals surface area contributed by atoms with Crippen LogP contribution in [0.5, 0.6) is 11.5 Å². The van der Waals surface area contributed by atoms with Crippen LogP contribution in [0, 0.1) is 13.8 Å². The van der Waals surface area contributed by atoms with Crippen molar-refractivity contribution < 1.29 is 14.3 Å². The Labute approximate surface area is 168 Å². The minimum atomic E-state index is -0.163. The van der Waals surface area contributed by atoms with Crippen LogP contribution in [0.3, 0.4) is 0 Å². The van der Waals surface area contributed by atoms with Gasteiger partial charge >= 0.3 is 0 Å². The number of nitrogens with one attached hydrogen (secondary N) is 1. The van der Waals surface area contributed by atoms with Crippen LogP contribution in [0.2, 0.25) is 0 Å². The van der Waals surface area contributed by atoms with E-state index in [0.717, 1.165) is 34.5 Å². The maximum Gasteiger partial charge on any atom is 0.248 e. The Balaban J connectivity index is 1.97. The van der Waals surface area contributed by atoms with E-state index in [0.29, 0.717) is 12.4 Å². The number of carbonyl (C=O) groups is 1. The summed E-state index contributed by atoms with van der Waals surface area (Å²) >= 11 is 0. The van der Waals surface area contributed by atoms with Gasteiger partial charge in [-0.3, -0.25) is 4.79 Å². The predicted octanol–water partition coefficient (Wildman–Crippen LogP) is 5.92. The average molecular weight is 382 g/mol. The molecular formula is C24H31NO3. The maximum atomic E-state index is 12.2. The highest BCUT2D eigenvalue weighted by molar-refractivity contribution is 6.02. The van der Waals surface area contributed by atoms with Gasteiger partial charge in [-0.25, -0.2) is 0 Å². The number of hydrogen-bond donors (Lipinski definition) is 1. The first-order chi connectivity index (χ1) is 13.5. The first kappa shape index (κ1) is 21.5. The van der Waals surface area contributed by atoms with E-state index >= 15 is 0 Å². The zero-order valence-electron chi connectivity index (χ0n) is 17.4. The van der Waals surface area contributed by atoms with Crippen molar-refractivity contribution in [2.75, 3.05) is 19.0 Å². The van der Waals surface area contributed by atoms with Gasteiger partial charge in [-0.05, 0) is 61.2 Å². The molecular weight excluding hydrogens is 350 g/mol.